The van der Waals surface area contributed by atoms with Crippen LogP contribution in [-0.4, -0.2) is 15.0 Å². The number of hydrogen-bond donors (Lipinski definition) is 1. The summed E-state index contributed by atoms with van der Waals surface area (Å²) in [6.07, 6.45) is 0. The maximum absolute atomic E-state index is 3.99. The summed E-state index contributed by atoms with van der Waals surface area (Å²) in [5.41, 5.74) is 1.27. The Morgan fingerprint density at radius 3 is 2.86 bits per heavy atom. The fraction of sp³-hybridized carbons (Fsp3) is 0. The fourth-order valence-electron chi connectivity index (χ4n) is 1.76. The van der Waals surface area contributed by atoms with Gasteiger partial charge < -0.3 is 0 Å². The first-order chi connectivity index (χ1) is 6.84. The Labute approximate surface area is 89.0 Å². The molecule has 0 aromatic heterocycles. The van der Waals surface area contributed by atoms with Crippen LogP contribution in [-0.2, 0) is 0 Å². The van der Waals surface area contributed by atoms with Gasteiger partial charge in [-0.3, -0.25) is 0 Å². The monoisotopic (exact) mass is 247 g/mol. The van der Waals surface area contributed by atoms with Crippen molar-refractivity contribution >= 4 is 35.9 Å². The zero-order valence-electron chi connectivity index (χ0n) is 7.58. The minimum absolute atomic E-state index is 0.402. The Hall–Kier alpha value is -1.24. The normalized spacial score (nSPS) is 14.1. The van der Waals surface area contributed by atoms with Crippen LogP contribution in [0.4, 0.5) is 5.69 Å². The van der Waals surface area contributed by atoms with Crippen LogP contribution in [0.15, 0.2) is 47.6 Å². The topological polar surface area (TPSA) is 12.0 Å². The Kier molecular flexibility index (Phi) is 1.66. The predicted molar refractivity (Wildman–Crippen MR) is 62.1 cm³/mol. The summed E-state index contributed by atoms with van der Waals surface area (Å²) >= 11 is 0.402. The zero-order chi connectivity index (χ0) is 9.54. The zero-order valence-corrected chi connectivity index (χ0v) is 9.29. The summed E-state index contributed by atoms with van der Waals surface area (Å²) in [5, 5.41) is 5.98. The van der Waals surface area contributed by atoms with Gasteiger partial charge in [0.25, 0.3) is 0 Å². The number of anilines is 1. The van der Waals surface area contributed by atoms with E-state index in [9.17, 15) is 0 Å². The summed E-state index contributed by atoms with van der Waals surface area (Å²) in [6, 6.07) is 12.9. The molecule has 0 amide bonds. The van der Waals surface area contributed by atoms with Crippen molar-refractivity contribution in [2.75, 3.05) is 5.32 Å². The van der Waals surface area contributed by atoms with Crippen LogP contribution in [0.3, 0.4) is 0 Å². The van der Waals surface area contributed by atoms with Crippen molar-refractivity contribution in [2.45, 2.75) is 0 Å². The Balaban J connectivity index is 2.39. The molecule has 0 bridgehead atoms. The molecule has 0 fully saturated rings. The van der Waals surface area contributed by atoms with E-state index >= 15 is 0 Å². The second-order valence-corrected chi connectivity index (χ2v) is 5.70. The van der Waals surface area contributed by atoms with Crippen LogP contribution in [0.25, 0.3) is 10.8 Å². The van der Waals surface area contributed by atoms with Crippen molar-refractivity contribution in [1.82, 2.24) is 0 Å². The van der Waals surface area contributed by atoms with Crippen molar-refractivity contribution in [2.24, 2.45) is 0 Å². The second-order valence-electron chi connectivity index (χ2n) is 3.31. The average Bonchev–Trinajstić information content (AvgIpc) is 2.59. The van der Waals surface area contributed by atoms with Gasteiger partial charge in [-0.1, -0.05) is 0 Å². The molecular weight excluding hydrogens is 237 g/mol. The van der Waals surface area contributed by atoms with Gasteiger partial charge in [0.1, 0.15) is 0 Å². The molecule has 1 aliphatic rings. The van der Waals surface area contributed by atoms with Gasteiger partial charge in [-0.15, -0.1) is 0 Å². The van der Waals surface area contributed by atoms with Crippen LogP contribution in [0, 0.1) is 0 Å². The third-order valence-corrected chi connectivity index (χ3v) is 4.29. The molecule has 0 aliphatic carbocycles. The molecule has 2 aromatic rings. The summed E-state index contributed by atoms with van der Waals surface area (Å²) < 4.78 is 2.57. The standard InChI is InChI=1S/C12H9NSe/c1-8-13-12-10-5-3-2-4-9(10)6-7-11(12)14-8/h2-7,13H,1H2. The molecule has 68 valence electrons. The molecule has 0 radical (unpaired) electrons. The van der Waals surface area contributed by atoms with E-state index in [1.165, 1.54) is 20.9 Å². The van der Waals surface area contributed by atoms with E-state index in [0.717, 1.165) is 4.60 Å². The molecule has 2 heteroatoms. The molecular formula is C12H9NSe. The molecule has 3 rings (SSSR count). The summed E-state index contributed by atoms with van der Waals surface area (Å²) in [6.45, 7) is 3.99. The summed E-state index contributed by atoms with van der Waals surface area (Å²) in [4.78, 5) is 0. The van der Waals surface area contributed by atoms with Crippen molar-refractivity contribution < 1.29 is 0 Å². The molecule has 0 unspecified atom stereocenters. The van der Waals surface area contributed by atoms with Gasteiger partial charge in [0, 0.05) is 0 Å². The molecule has 1 heterocycles. The molecule has 0 spiro atoms. The van der Waals surface area contributed by atoms with E-state index in [1.807, 2.05) is 0 Å². The average molecular weight is 246 g/mol. The van der Waals surface area contributed by atoms with E-state index in [1.54, 1.807) is 0 Å². The summed E-state index contributed by atoms with van der Waals surface area (Å²) in [7, 11) is 0. The minimum atomic E-state index is 0.402. The Bertz CT molecular complexity index is 531. The Morgan fingerprint density at radius 2 is 1.93 bits per heavy atom. The molecule has 0 saturated heterocycles. The number of rotatable bonds is 0. The first-order valence-corrected chi connectivity index (χ1v) is 6.21. The molecule has 0 saturated carbocycles. The third kappa shape index (κ3) is 1.08. The van der Waals surface area contributed by atoms with Gasteiger partial charge in [0.2, 0.25) is 0 Å². The maximum atomic E-state index is 3.99. The van der Waals surface area contributed by atoms with E-state index in [2.05, 4.69) is 48.3 Å². The number of benzene rings is 2. The van der Waals surface area contributed by atoms with Crippen molar-refractivity contribution in [1.29, 1.82) is 0 Å². The van der Waals surface area contributed by atoms with Crippen molar-refractivity contribution in [3.05, 3.63) is 47.6 Å². The number of hydrogen-bond acceptors (Lipinski definition) is 1. The summed E-state index contributed by atoms with van der Waals surface area (Å²) in [5.74, 6) is 0. The van der Waals surface area contributed by atoms with Crippen LogP contribution < -0.4 is 9.78 Å². The van der Waals surface area contributed by atoms with Crippen LogP contribution >= 0.6 is 0 Å². The third-order valence-electron chi connectivity index (χ3n) is 2.39. The first kappa shape index (κ1) is 8.10. The van der Waals surface area contributed by atoms with Gasteiger partial charge >= 0.3 is 88.8 Å². The van der Waals surface area contributed by atoms with Crippen LogP contribution in [0.5, 0.6) is 0 Å². The van der Waals surface area contributed by atoms with Gasteiger partial charge in [0.15, 0.2) is 0 Å². The molecule has 2 aromatic carbocycles. The van der Waals surface area contributed by atoms with E-state index in [-0.39, 0.29) is 0 Å². The van der Waals surface area contributed by atoms with Crippen LogP contribution in [0.2, 0.25) is 0 Å². The SMILES string of the molecule is C=C1Nc2c(ccc3ccccc23)[Se]1. The quantitative estimate of drug-likeness (QED) is 0.702. The van der Waals surface area contributed by atoms with Gasteiger partial charge in [-0.25, -0.2) is 0 Å². The van der Waals surface area contributed by atoms with Gasteiger partial charge in [-0.05, 0) is 0 Å². The molecule has 0 atom stereocenters. The van der Waals surface area contributed by atoms with E-state index in [0.29, 0.717) is 15.0 Å². The van der Waals surface area contributed by atoms with Crippen LogP contribution in [0.1, 0.15) is 0 Å². The molecule has 1 nitrogen and oxygen atoms in total. The van der Waals surface area contributed by atoms with Gasteiger partial charge in [0.05, 0.1) is 0 Å². The predicted octanol–water partition coefficient (Wildman–Crippen LogP) is 2.07. The fourth-order valence-corrected chi connectivity index (χ4v) is 3.48. The second kappa shape index (κ2) is 2.88. The Morgan fingerprint density at radius 1 is 1.07 bits per heavy atom. The van der Waals surface area contributed by atoms with E-state index < -0.39 is 0 Å². The molecule has 14 heavy (non-hydrogen) atoms. The van der Waals surface area contributed by atoms with Gasteiger partial charge in [-0.2, -0.15) is 0 Å². The first-order valence-electron chi connectivity index (χ1n) is 4.50. The number of nitrogens with one attached hydrogen (secondary N) is 1. The van der Waals surface area contributed by atoms with E-state index in [4.69, 9.17) is 0 Å². The van der Waals surface area contributed by atoms with Crippen molar-refractivity contribution in [3.63, 3.8) is 0 Å². The molecule has 1 aliphatic heterocycles. The number of fused-ring (bicyclic) bond motifs is 3. The van der Waals surface area contributed by atoms with Crippen molar-refractivity contribution in [3.8, 4) is 0 Å². The molecule has 1 N–H and O–H groups in total.